The van der Waals surface area contributed by atoms with Crippen molar-refractivity contribution < 1.29 is 4.79 Å². The third-order valence-corrected chi connectivity index (χ3v) is 4.29. The van der Waals surface area contributed by atoms with Crippen LogP contribution in [-0.2, 0) is 11.2 Å². The molecule has 1 aromatic heterocycles. The van der Waals surface area contributed by atoms with E-state index in [9.17, 15) is 4.79 Å². The second-order valence-corrected chi connectivity index (χ2v) is 5.96. The lowest BCUT2D eigenvalue weighted by Gasteiger charge is -2.23. The number of carbonyl (C=O) groups excluding carboxylic acids is 1. The van der Waals surface area contributed by atoms with Gasteiger partial charge < -0.3 is 10.2 Å². The molecule has 0 spiro atoms. The predicted octanol–water partition coefficient (Wildman–Crippen LogP) is 2.39. The zero-order valence-corrected chi connectivity index (χ0v) is 13.1. The highest BCUT2D eigenvalue weighted by atomic mass is 16.2. The molecule has 116 valence electrons. The number of rotatable bonds is 7. The van der Waals surface area contributed by atoms with Crippen LogP contribution in [0, 0.1) is 0 Å². The van der Waals surface area contributed by atoms with Gasteiger partial charge in [0.1, 0.15) is 0 Å². The van der Waals surface area contributed by atoms with Gasteiger partial charge in [-0.3, -0.25) is 9.78 Å². The molecule has 2 rings (SSSR count). The van der Waals surface area contributed by atoms with Crippen LogP contribution in [-0.4, -0.2) is 42.0 Å². The van der Waals surface area contributed by atoms with E-state index in [0.29, 0.717) is 12.5 Å². The summed E-state index contributed by atoms with van der Waals surface area (Å²) in [4.78, 5) is 17.9. The Morgan fingerprint density at radius 3 is 2.71 bits per heavy atom. The fraction of sp³-hybridized carbons (Fsp3) is 0.647. The van der Waals surface area contributed by atoms with Gasteiger partial charge in [0, 0.05) is 45.0 Å². The number of nitrogens with zero attached hydrogens (tertiary/aromatic N) is 2. The van der Waals surface area contributed by atoms with Crippen molar-refractivity contribution in [3.05, 3.63) is 30.1 Å². The van der Waals surface area contributed by atoms with Crippen LogP contribution >= 0.6 is 0 Å². The molecule has 0 aliphatic heterocycles. The Balaban J connectivity index is 1.60. The zero-order chi connectivity index (χ0) is 14.9. The van der Waals surface area contributed by atoms with E-state index in [-0.39, 0.29) is 5.91 Å². The van der Waals surface area contributed by atoms with E-state index in [4.69, 9.17) is 0 Å². The largest absolute Gasteiger partial charge is 0.345 e. The van der Waals surface area contributed by atoms with Crippen LogP contribution in [0.1, 0.15) is 44.1 Å². The van der Waals surface area contributed by atoms with Gasteiger partial charge in [0.15, 0.2) is 0 Å². The number of pyridine rings is 1. The molecule has 0 bridgehead atoms. The summed E-state index contributed by atoms with van der Waals surface area (Å²) in [6.45, 7) is 1.58. The van der Waals surface area contributed by atoms with Crippen molar-refractivity contribution in [2.24, 2.45) is 0 Å². The fourth-order valence-electron chi connectivity index (χ4n) is 2.85. The van der Waals surface area contributed by atoms with E-state index in [1.807, 2.05) is 24.1 Å². The molecule has 0 atom stereocenters. The van der Waals surface area contributed by atoms with E-state index in [2.05, 4.69) is 10.3 Å². The minimum absolute atomic E-state index is 0.229. The van der Waals surface area contributed by atoms with Gasteiger partial charge in [-0.15, -0.1) is 0 Å². The van der Waals surface area contributed by atoms with E-state index in [0.717, 1.165) is 19.5 Å². The molecule has 1 fully saturated rings. The highest BCUT2D eigenvalue weighted by Crippen LogP contribution is 2.17. The fourth-order valence-corrected chi connectivity index (χ4v) is 2.85. The molecule has 0 unspecified atom stereocenters. The van der Waals surface area contributed by atoms with Gasteiger partial charge in [0.25, 0.3) is 0 Å². The van der Waals surface area contributed by atoms with Gasteiger partial charge in [0.05, 0.1) is 0 Å². The molecule has 0 radical (unpaired) electrons. The lowest BCUT2D eigenvalue weighted by molar-refractivity contribution is -0.129. The summed E-state index contributed by atoms with van der Waals surface area (Å²) in [7, 11) is 1.89. The van der Waals surface area contributed by atoms with Crippen LogP contribution in [0.4, 0.5) is 0 Å². The summed E-state index contributed by atoms with van der Waals surface area (Å²) in [6.07, 6.45) is 11.7. The standard InChI is InChI=1S/C17H27N3O/c1-20(14-10-15-7-11-18-12-8-15)17(21)9-13-19-16-5-3-2-4-6-16/h7-8,11-12,16,19H,2-6,9-10,13-14H2,1H3. The number of nitrogens with one attached hydrogen (secondary N) is 1. The van der Waals surface area contributed by atoms with Crippen LogP contribution in [0.2, 0.25) is 0 Å². The number of likely N-dealkylation sites (N-methyl/N-ethyl adjacent to an activating group) is 1. The lowest BCUT2D eigenvalue weighted by atomic mass is 9.95. The first-order valence-electron chi connectivity index (χ1n) is 8.12. The zero-order valence-electron chi connectivity index (χ0n) is 13.1. The molecule has 1 saturated carbocycles. The summed E-state index contributed by atoms with van der Waals surface area (Å²) in [5.41, 5.74) is 1.23. The number of hydrogen-bond donors (Lipinski definition) is 1. The topological polar surface area (TPSA) is 45.2 Å². The lowest BCUT2D eigenvalue weighted by Crippen LogP contribution is -2.36. The first-order valence-corrected chi connectivity index (χ1v) is 8.12. The van der Waals surface area contributed by atoms with Crippen molar-refractivity contribution in [3.63, 3.8) is 0 Å². The molecule has 1 aromatic rings. The first kappa shape index (κ1) is 16.0. The Morgan fingerprint density at radius 2 is 2.00 bits per heavy atom. The van der Waals surface area contributed by atoms with Gasteiger partial charge in [-0.05, 0) is 37.0 Å². The van der Waals surface area contributed by atoms with Crippen LogP contribution in [0.3, 0.4) is 0 Å². The van der Waals surface area contributed by atoms with Gasteiger partial charge in [-0.2, -0.15) is 0 Å². The maximum Gasteiger partial charge on any atom is 0.223 e. The summed E-state index contributed by atoms with van der Waals surface area (Å²) in [5, 5.41) is 3.53. The van der Waals surface area contributed by atoms with Crippen molar-refractivity contribution in [2.45, 2.75) is 51.0 Å². The second-order valence-electron chi connectivity index (χ2n) is 5.96. The monoisotopic (exact) mass is 289 g/mol. The molecule has 4 nitrogen and oxygen atoms in total. The Hall–Kier alpha value is -1.42. The van der Waals surface area contributed by atoms with Crippen molar-refractivity contribution in [1.82, 2.24) is 15.2 Å². The minimum atomic E-state index is 0.229. The average Bonchev–Trinajstić information content (AvgIpc) is 2.54. The molecule has 1 aliphatic carbocycles. The van der Waals surface area contributed by atoms with Gasteiger partial charge in [0.2, 0.25) is 5.91 Å². The van der Waals surface area contributed by atoms with Crippen molar-refractivity contribution >= 4 is 5.91 Å². The van der Waals surface area contributed by atoms with Crippen molar-refractivity contribution in [3.8, 4) is 0 Å². The van der Waals surface area contributed by atoms with Crippen LogP contribution in [0.5, 0.6) is 0 Å². The maximum absolute atomic E-state index is 12.1. The Morgan fingerprint density at radius 1 is 1.29 bits per heavy atom. The maximum atomic E-state index is 12.1. The van der Waals surface area contributed by atoms with E-state index < -0.39 is 0 Å². The normalized spacial score (nSPS) is 15.9. The molecule has 0 aromatic carbocycles. The van der Waals surface area contributed by atoms with Crippen LogP contribution in [0.25, 0.3) is 0 Å². The summed E-state index contributed by atoms with van der Waals surface area (Å²) >= 11 is 0. The quantitative estimate of drug-likeness (QED) is 0.838. The number of aromatic nitrogens is 1. The molecule has 1 heterocycles. The molecule has 4 heteroatoms. The van der Waals surface area contributed by atoms with Crippen molar-refractivity contribution in [1.29, 1.82) is 0 Å². The summed E-state index contributed by atoms with van der Waals surface area (Å²) < 4.78 is 0. The Kier molecular flexibility index (Phi) is 6.67. The van der Waals surface area contributed by atoms with Crippen LogP contribution < -0.4 is 5.32 Å². The third-order valence-electron chi connectivity index (χ3n) is 4.29. The highest BCUT2D eigenvalue weighted by Gasteiger charge is 2.14. The predicted molar refractivity (Wildman–Crippen MR) is 85.1 cm³/mol. The van der Waals surface area contributed by atoms with E-state index in [1.54, 1.807) is 12.4 Å². The SMILES string of the molecule is CN(CCc1ccncc1)C(=O)CCNC1CCCCC1. The Labute approximate surface area is 127 Å². The molecule has 21 heavy (non-hydrogen) atoms. The smallest absolute Gasteiger partial charge is 0.223 e. The molecular formula is C17H27N3O. The van der Waals surface area contributed by atoms with Gasteiger partial charge in [-0.25, -0.2) is 0 Å². The summed E-state index contributed by atoms with van der Waals surface area (Å²) in [6, 6.07) is 4.64. The minimum Gasteiger partial charge on any atom is -0.345 e. The summed E-state index contributed by atoms with van der Waals surface area (Å²) in [5.74, 6) is 0.229. The highest BCUT2D eigenvalue weighted by molar-refractivity contribution is 5.76. The molecule has 0 saturated heterocycles. The van der Waals surface area contributed by atoms with Gasteiger partial charge in [-0.1, -0.05) is 19.3 Å². The molecule has 1 aliphatic rings. The Bertz CT molecular complexity index is 415. The van der Waals surface area contributed by atoms with Crippen LogP contribution in [0.15, 0.2) is 24.5 Å². The number of amides is 1. The average molecular weight is 289 g/mol. The molecule has 1 N–H and O–H groups in total. The van der Waals surface area contributed by atoms with Crippen molar-refractivity contribution in [2.75, 3.05) is 20.1 Å². The first-order chi connectivity index (χ1) is 10.3. The number of carbonyl (C=O) groups is 1. The van der Waals surface area contributed by atoms with Gasteiger partial charge >= 0.3 is 0 Å². The molecular weight excluding hydrogens is 262 g/mol. The van der Waals surface area contributed by atoms with E-state index >= 15 is 0 Å². The second kappa shape index (κ2) is 8.78. The molecule has 1 amide bonds. The van der Waals surface area contributed by atoms with E-state index in [1.165, 1.54) is 37.7 Å². The number of hydrogen-bond acceptors (Lipinski definition) is 3. The third kappa shape index (κ3) is 5.84.